The molecule has 1 saturated heterocycles. The zero-order valence-corrected chi connectivity index (χ0v) is 23.6. The number of aromatic nitrogens is 1. The molecule has 10 heteroatoms. The molecule has 206 valence electrons. The van der Waals surface area contributed by atoms with Crippen LogP contribution in [0.4, 0.5) is 0 Å². The Labute approximate surface area is 237 Å². The summed E-state index contributed by atoms with van der Waals surface area (Å²) >= 11 is 1.60. The molecule has 2 N–H and O–H groups in total. The zero-order chi connectivity index (χ0) is 28.4. The molecule has 40 heavy (non-hydrogen) atoms. The van der Waals surface area contributed by atoms with Crippen molar-refractivity contribution in [3.05, 3.63) is 76.4 Å². The maximum Gasteiger partial charge on any atom is 0.255 e. The number of likely N-dealkylation sites (tertiary alicyclic amines) is 1. The summed E-state index contributed by atoms with van der Waals surface area (Å²) in [6.07, 6.45) is 1.34. The van der Waals surface area contributed by atoms with Gasteiger partial charge in [-0.15, -0.1) is 11.3 Å². The number of benzene rings is 2. The van der Waals surface area contributed by atoms with E-state index in [-0.39, 0.29) is 30.7 Å². The van der Waals surface area contributed by atoms with Gasteiger partial charge >= 0.3 is 0 Å². The fourth-order valence-corrected chi connectivity index (χ4v) is 6.41. The number of nitrogens with one attached hydrogen (secondary N) is 1. The SMILES string of the molecule is Cc1ncsc1-c1ccc(CN/C(=N/C#N)C2C[C@@H](O)CN2C(=O)[C@H](C(C)C)N2Cc3ccccc3C2=O)cc1. The topological polar surface area (TPSA) is 122 Å². The number of nitrogens with zero attached hydrogens (tertiary/aromatic N) is 5. The first-order valence-electron chi connectivity index (χ1n) is 13.4. The molecule has 3 heterocycles. The third kappa shape index (κ3) is 5.35. The van der Waals surface area contributed by atoms with Crippen LogP contribution in [-0.4, -0.2) is 62.3 Å². The maximum absolute atomic E-state index is 14.0. The molecule has 3 atom stereocenters. The minimum absolute atomic E-state index is 0.108. The molecule has 1 fully saturated rings. The lowest BCUT2D eigenvalue weighted by Gasteiger charge is -2.35. The van der Waals surface area contributed by atoms with Crippen LogP contribution in [0.2, 0.25) is 0 Å². The van der Waals surface area contributed by atoms with Crippen molar-refractivity contribution in [2.24, 2.45) is 10.9 Å². The van der Waals surface area contributed by atoms with Crippen molar-refractivity contribution in [2.75, 3.05) is 6.54 Å². The Morgan fingerprint density at radius 3 is 2.65 bits per heavy atom. The molecular formula is C30H32N6O3S. The highest BCUT2D eigenvalue weighted by atomic mass is 32.1. The summed E-state index contributed by atoms with van der Waals surface area (Å²) in [5.41, 5.74) is 6.40. The van der Waals surface area contributed by atoms with Gasteiger partial charge < -0.3 is 20.2 Å². The minimum atomic E-state index is -0.763. The van der Waals surface area contributed by atoms with Gasteiger partial charge in [-0.25, -0.2) is 4.98 Å². The van der Waals surface area contributed by atoms with E-state index in [0.717, 1.165) is 27.3 Å². The monoisotopic (exact) mass is 556 g/mol. The van der Waals surface area contributed by atoms with Gasteiger partial charge in [-0.3, -0.25) is 9.59 Å². The van der Waals surface area contributed by atoms with Crippen molar-refractivity contribution in [1.29, 1.82) is 5.26 Å². The van der Waals surface area contributed by atoms with E-state index in [1.54, 1.807) is 27.2 Å². The Bertz CT molecular complexity index is 1480. The Morgan fingerprint density at radius 1 is 1.25 bits per heavy atom. The minimum Gasteiger partial charge on any atom is -0.391 e. The fourth-order valence-electron chi connectivity index (χ4n) is 5.60. The van der Waals surface area contributed by atoms with Gasteiger partial charge in [-0.2, -0.15) is 10.3 Å². The fraction of sp³-hybridized carbons (Fsp3) is 0.367. The number of rotatable bonds is 7. The predicted octanol–water partition coefficient (Wildman–Crippen LogP) is 3.73. The summed E-state index contributed by atoms with van der Waals surface area (Å²) in [6.45, 7) is 6.68. The maximum atomic E-state index is 14.0. The average molecular weight is 557 g/mol. The molecule has 0 spiro atoms. The highest BCUT2D eigenvalue weighted by molar-refractivity contribution is 7.13. The van der Waals surface area contributed by atoms with Crippen LogP contribution in [0, 0.1) is 24.3 Å². The summed E-state index contributed by atoms with van der Waals surface area (Å²) in [4.78, 5) is 39.9. The molecule has 2 aliphatic rings. The summed E-state index contributed by atoms with van der Waals surface area (Å²) in [6, 6.07) is 14.2. The number of thiazole rings is 1. The van der Waals surface area contributed by atoms with E-state index in [1.807, 2.05) is 74.9 Å². The van der Waals surface area contributed by atoms with Crippen LogP contribution in [0.5, 0.6) is 0 Å². The number of hydrogen-bond acceptors (Lipinski definition) is 7. The first-order chi connectivity index (χ1) is 19.3. The summed E-state index contributed by atoms with van der Waals surface area (Å²) < 4.78 is 0. The van der Waals surface area contributed by atoms with Crippen molar-refractivity contribution in [3.63, 3.8) is 0 Å². The van der Waals surface area contributed by atoms with Crippen molar-refractivity contribution >= 4 is 29.0 Å². The van der Waals surface area contributed by atoms with Crippen LogP contribution in [0.3, 0.4) is 0 Å². The van der Waals surface area contributed by atoms with E-state index in [1.165, 1.54) is 0 Å². The molecule has 2 aliphatic heterocycles. The number of carbonyl (C=O) groups is 2. The first-order valence-corrected chi connectivity index (χ1v) is 14.2. The molecule has 9 nitrogen and oxygen atoms in total. The predicted molar refractivity (Wildman–Crippen MR) is 153 cm³/mol. The van der Waals surface area contributed by atoms with Crippen molar-refractivity contribution in [3.8, 4) is 16.6 Å². The third-order valence-corrected chi connectivity index (χ3v) is 8.53. The van der Waals surface area contributed by atoms with Crippen LogP contribution >= 0.6 is 11.3 Å². The second-order valence-electron chi connectivity index (χ2n) is 10.6. The number of aryl methyl sites for hydroxylation is 1. The number of carbonyl (C=O) groups excluding carboxylic acids is 2. The number of aliphatic imine (C=N–C) groups is 1. The first kappa shape index (κ1) is 27.5. The molecule has 0 radical (unpaired) electrons. The van der Waals surface area contributed by atoms with Gasteiger partial charge in [0, 0.05) is 31.6 Å². The molecule has 1 aromatic heterocycles. The highest BCUT2D eigenvalue weighted by Gasteiger charge is 2.45. The number of amides is 2. The van der Waals surface area contributed by atoms with Crippen LogP contribution in [0.15, 0.2) is 59.0 Å². The summed E-state index contributed by atoms with van der Waals surface area (Å²) in [7, 11) is 0. The Kier molecular flexibility index (Phi) is 7.96. The molecule has 0 aliphatic carbocycles. The van der Waals surface area contributed by atoms with E-state index in [4.69, 9.17) is 0 Å². The van der Waals surface area contributed by atoms with Gasteiger partial charge in [0.05, 0.1) is 28.2 Å². The quantitative estimate of drug-likeness (QED) is 0.260. The van der Waals surface area contributed by atoms with E-state index < -0.39 is 18.2 Å². The molecule has 0 saturated carbocycles. The Morgan fingerprint density at radius 2 is 2.00 bits per heavy atom. The molecule has 5 rings (SSSR count). The van der Waals surface area contributed by atoms with E-state index in [9.17, 15) is 20.0 Å². The van der Waals surface area contributed by atoms with E-state index >= 15 is 0 Å². The normalized spacial score (nSPS) is 19.6. The van der Waals surface area contributed by atoms with Crippen molar-refractivity contribution in [1.82, 2.24) is 20.1 Å². The summed E-state index contributed by atoms with van der Waals surface area (Å²) in [5.74, 6) is -0.253. The number of nitriles is 1. The summed E-state index contributed by atoms with van der Waals surface area (Å²) in [5, 5.41) is 23.3. The number of hydrogen-bond donors (Lipinski definition) is 2. The van der Waals surface area contributed by atoms with Crippen LogP contribution in [0.25, 0.3) is 10.4 Å². The number of fused-ring (bicyclic) bond motifs is 1. The second kappa shape index (κ2) is 11.6. The van der Waals surface area contributed by atoms with Crippen molar-refractivity contribution in [2.45, 2.75) is 58.5 Å². The Balaban J connectivity index is 1.33. The largest absolute Gasteiger partial charge is 0.391 e. The smallest absolute Gasteiger partial charge is 0.255 e. The highest BCUT2D eigenvalue weighted by Crippen LogP contribution is 2.31. The lowest BCUT2D eigenvalue weighted by Crippen LogP contribution is -2.55. The van der Waals surface area contributed by atoms with Gasteiger partial charge in [-0.05, 0) is 35.6 Å². The van der Waals surface area contributed by atoms with Gasteiger partial charge in [0.1, 0.15) is 11.9 Å². The van der Waals surface area contributed by atoms with Gasteiger partial charge in [0.15, 0.2) is 0 Å². The molecular weight excluding hydrogens is 524 g/mol. The molecule has 3 aromatic rings. The Hall–Kier alpha value is -4.07. The van der Waals surface area contributed by atoms with Crippen LogP contribution in [-0.2, 0) is 17.9 Å². The number of amidine groups is 1. The molecule has 2 amide bonds. The van der Waals surface area contributed by atoms with Crippen molar-refractivity contribution < 1.29 is 14.7 Å². The number of β-amino-alcohol motifs (C(OH)–C–C–N with tert-alkyl or cyclic N) is 1. The van der Waals surface area contributed by atoms with Gasteiger partial charge in [0.2, 0.25) is 12.1 Å². The van der Waals surface area contributed by atoms with Gasteiger partial charge in [0.25, 0.3) is 5.91 Å². The van der Waals surface area contributed by atoms with E-state index in [2.05, 4.69) is 15.3 Å². The van der Waals surface area contributed by atoms with Crippen LogP contribution in [0.1, 0.15) is 47.4 Å². The molecule has 2 aromatic carbocycles. The lowest BCUT2D eigenvalue weighted by atomic mass is 10.00. The molecule has 1 unspecified atom stereocenters. The number of aliphatic hydroxyl groups is 1. The van der Waals surface area contributed by atoms with Crippen LogP contribution < -0.4 is 5.32 Å². The van der Waals surface area contributed by atoms with Gasteiger partial charge in [-0.1, -0.05) is 56.3 Å². The van der Waals surface area contributed by atoms with E-state index in [0.29, 0.717) is 24.5 Å². The third-order valence-electron chi connectivity index (χ3n) is 7.55. The average Bonchev–Trinajstić information content (AvgIpc) is 3.64. The number of aliphatic hydroxyl groups excluding tert-OH is 1. The molecule has 0 bridgehead atoms. The zero-order valence-electron chi connectivity index (χ0n) is 22.7. The lowest BCUT2D eigenvalue weighted by molar-refractivity contribution is -0.138. The standard InChI is InChI=1S/C30H32N6O3S/c1-18(2)26(36-14-22-6-4-5-7-24(22)29(36)38)30(39)35-15-23(37)12-25(35)28(33-16-31)32-13-20-8-10-21(11-9-20)27-19(3)34-17-40-27/h4-11,17-18,23,25-26,37H,12-15H2,1-3H3,(H,32,33)/t23-,25?,26+/m1/s1. The second-order valence-corrected chi connectivity index (χ2v) is 11.4.